The minimum Gasteiger partial charge on any atom is -0.508 e. The topological polar surface area (TPSA) is 139 Å². The maximum atomic E-state index is 13.8. The van der Waals surface area contributed by atoms with Gasteiger partial charge in [0.05, 0.1) is 30.2 Å². The van der Waals surface area contributed by atoms with E-state index in [1.54, 1.807) is 30.3 Å². The van der Waals surface area contributed by atoms with E-state index in [9.17, 15) is 35.0 Å². The van der Waals surface area contributed by atoms with Gasteiger partial charge in [0.15, 0.2) is 0 Å². The molecule has 41 heavy (non-hydrogen) atoms. The van der Waals surface area contributed by atoms with Crippen molar-refractivity contribution in [2.24, 2.45) is 17.8 Å². The zero-order valence-corrected chi connectivity index (χ0v) is 23.7. The number of phenols is 1. The lowest BCUT2D eigenvalue weighted by Gasteiger charge is -2.36. The number of imide groups is 1. The van der Waals surface area contributed by atoms with Gasteiger partial charge >= 0.3 is 7.12 Å². The number of aliphatic hydroxyl groups is 2. The number of allylic oxidation sites excluding steroid dienone is 2. The summed E-state index contributed by atoms with van der Waals surface area (Å²) in [6.45, 7) is 3.74. The van der Waals surface area contributed by atoms with Crippen LogP contribution < -0.4 is 10.4 Å². The van der Waals surface area contributed by atoms with Crippen LogP contribution in [-0.4, -0.2) is 57.0 Å². The molecular weight excluding hydrogens is 521 g/mol. The largest absolute Gasteiger partial charge is 0.508 e. The molecule has 4 atom stereocenters. The highest BCUT2D eigenvalue weighted by atomic mass is 16.4. The van der Waals surface area contributed by atoms with E-state index in [4.69, 9.17) is 0 Å². The highest BCUT2D eigenvalue weighted by molar-refractivity contribution is 6.58. The molecule has 1 fully saturated rings. The molecule has 1 aliphatic carbocycles. The molecule has 1 heterocycles. The molecule has 4 rings (SSSR count). The molecular formula is C32H40BNO7. The smallest absolute Gasteiger partial charge is 0.488 e. The Balaban J connectivity index is 1.61. The van der Waals surface area contributed by atoms with Crippen molar-refractivity contribution in [2.45, 2.75) is 64.9 Å². The first-order valence-electron chi connectivity index (χ1n) is 14.5. The van der Waals surface area contributed by atoms with Gasteiger partial charge in [-0.25, -0.2) is 0 Å². The molecule has 9 heteroatoms. The number of aromatic hydroxyl groups is 1. The first-order valence-corrected chi connectivity index (χ1v) is 14.5. The minimum atomic E-state index is -1.74. The lowest BCUT2D eigenvalue weighted by molar-refractivity contribution is -0.123. The van der Waals surface area contributed by atoms with E-state index in [2.05, 4.69) is 6.92 Å². The second-order valence-corrected chi connectivity index (χ2v) is 11.1. The summed E-state index contributed by atoms with van der Waals surface area (Å²) in [6, 6.07) is 13.1. The number of aliphatic hydroxyl groups excluding tert-OH is 2. The zero-order valence-electron chi connectivity index (χ0n) is 23.7. The average Bonchev–Trinajstić information content (AvgIpc) is 3.20. The van der Waals surface area contributed by atoms with Crippen LogP contribution in [0, 0.1) is 17.8 Å². The maximum Gasteiger partial charge on any atom is 0.488 e. The summed E-state index contributed by atoms with van der Waals surface area (Å²) in [5.41, 5.74) is 4.04. The molecule has 0 aromatic heterocycles. The van der Waals surface area contributed by atoms with Crippen LogP contribution in [0.2, 0.25) is 0 Å². The highest BCUT2D eigenvalue weighted by Gasteiger charge is 2.55. The summed E-state index contributed by atoms with van der Waals surface area (Å²) in [7, 11) is -1.74. The van der Waals surface area contributed by atoms with Crippen LogP contribution >= 0.6 is 0 Å². The predicted molar refractivity (Wildman–Crippen MR) is 159 cm³/mol. The third-order valence-corrected chi connectivity index (χ3v) is 8.27. The van der Waals surface area contributed by atoms with Gasteiger partial charge in [-0.3, -0.25) is 14.5 Å². The number of rotatable bonds is 12. The van der Waals surface area contributed by atoms with E-state index in [0.717, 1.165) is 40.9 Å². The molecule has 2 aromatic rings. The fourth-order valence-electron chi connectivity index (χ4n) is 6.50. The monoisotopic (exact) mass is 561 g/mol. The number of amides is 2. The van der Waals surface area contributed by atoms with Crippen LogP contribution in [0.25, 0.3) is 6.08 Å². The van der Waals surface area contributed by atoms with E-state index < -0.39 is 36.9 Å². The van der Waals surface area contributed by atoms with Gasteiger partial charge in [0.2, 0.25) is 11.8 Å². The molecule has 8 nitrogen and oxygen atoms in total. The second kappa shape index (κ2) is 13.6. The first kappa shape index (κ1) is 30.7. The van der Waals surface area contributed by atoms with Gasteiger partial charge in [-0.05, 0) is 73.0 Å². The van der Waals surface area contributed by atoms with Gasteiger partial charge in [-0.1, -0.05) is 68.2 Å². The van der Waals surface area contributed by atoms with Crippen LogP contribution in [0.1, 0.15) is 64.4 Å². The Hall–Kier alpha value is -3.24. The normalized spacial score (nSPS) is 21.9. The molecule has 2 aliphatic rings. The van der Waals surface area contributed by atoms with E-state index >= 15 is 0 Å². The molecule has 2 aromatic carbocycles. The van der Waals surface area contributed by atoms with Gasteiger partial charge in [-0.2, -0.15) is 0 Å². The fourth-order valence-corrected chi connectivity index (χ4v) is 6.50. The molecule has 0 saturated carbocycles. The Morgan fingerprint density at radius 1 is 1.05 bits per heavy atom. The molecule has 1 saturated heterocycles. The second-order valence-electron chi connectivity index (χ2n) is 11.1. The number of carbonyl (C=O) groups is 2. The predicted octanol–water partition coefficient (Wildman–Crippen LogP) is 3.31. The van der Waals surface area contributed by atoms with Crippen LogP contribution in [0.3, 0.4) is 0 Å². The number of benzene rings is 2. The van der Waals surface area contributed by atoms with Crippen molar-refractivity contribution >= 4 is 36.2 Å². The van der Waals surface area contributed by atoms with E-state index in [0.29, 0.717) is 31.3 Å². The van der Waals surface area contributed by atoms with Crippen molar-refractivity contribution < 1.29 is 35.0 Å². The maximum absolute atomic E-state index is 13.8. The molecule has 0 bridgehead atoms. The van der Waals surface area contributed by atoms with Gasteiger partial charge in [-0.15, -0.1) is 0 Å². The number of hydrogen-bond donors (Lipinski definition) is 5. The van der Waals surface area contributed by atoms with Crippen LogP contribution in [-0.2, 0) is 9.59 Å². The van der Waals surface area contributed by atoms with E-state index in [1.807, 2.05) is 19.1 Å². The average molecular weight is 561 g/mol. The fraction of sp³-hybridized carbons (Fsp3) is 0.438. The van der Waals surface area contributed by atoms with Crippen molar-refractivity contribution in [3.63, 3.8) is 0 Å². The van der Waals surface area contributed by atoms with Crippen LogP contribution in [0.4, 0.5) is 5.69 Å². The van der Waals surface area contributed by atoms with Crippen LogP contribution in [0.5, 0.6) is 5.75 Å². The number of hydrogen-bond acceptors (Lipinski definition) is 7. The molecule has 5 N–H and O–H groups in total. The Bertz CT molecular complexity index is 1320. The summed E-state index contributed by atoms with van der Waals surface area (Å²) in [6.07, 6.45) is 5.71. The molecule has 0 unspecified atom stereocenters. The van der Waals surface area contributed by atoms with Crippen molar-refractivity contribution in [1.29, 1.82) is 0 Å². The van der Waals surface area contributed by atoms with Gasteiger partial charge in [0, 0.05) is 5.92 Å². The third kappa shape index (κ3) is 6.65. The molecule has 0 radical (unpaired) electrons. The summed E-state index contributed by atoms with van der Waals surface area (Å²) >= 11 is 0. The Labute approximate surface area is 241 Å². The number of carbonyl (C=O) groups excluding carboxylic acids is 2. The minimum absolute atomic E-state index is 0.166. The lowest BCUT2D eigenvalue weighted by Crippen LogP contribution is -2.39. The summed E-state index contributed by atoms with van der Waals surface area (Å²) in [5.74, 6) is -2.78. The van der Waals surface area contributed by atoms with Crippen molar-refractivity contribution in [3.05, 3.63) is 70.8 Å². The quantitative estimate of drug-likeness (QED) is 0.152. The van der Waals surface area contributed by atoms with Crippen molar-refractivity contribution in [2.75, 3.05) is 11.5 Å². The van der Waals surface area contributed by atoms with E-state index in [1.165, 1.54) is 12.1 Å². The molecule has 1 aliphatic heterocycles. The van der Waals surface area contributed by atoms with Gasteiger partial charge in [0.25, 0.3) is 0 Å². The number of phenolic OH excluding ortho intramolecular Hbond substituents is 1. The Kier molecular flexibility index (Phi) is 10.2. The van der Waals surface area contributed by atoms with Crippen molar-refractivity contribution in [1.82, 2.24) is 0 Å². The SMILES string of the molecule is CCCC1=C([C@H](O)CC/C(=C/c2cccc(O)c2)CCC)[C@H](CO)[C@@H]2C(=O)N(c3cccc(B(O)O)c3)C(=O)[C@@H]2C1. The van der Waals surface area contributed by atoms with Crippen molar-refractivity contribution in [3.8, 4) is 5.75 Å². The molecule has 2 amide bonds. The number of fused-ring (bicyclic) bond motifs is 1. The number of anilines is 1. The highest BCUT2D eigenvalue weighted by Crippen LogP contribution is 2.48. The van der Waals surface area contributed by atoms with Crippen LogP contribution in [0.15, 0.2) is 65.3 Å². The summed E-state index contributed by atoms with van der Waals surface area (Å²) < 4.78 is 0. The third-order valence-electron chi connectivity index (χ3n) is 8.27. The summed E-state index contributed by atoms with van der Waals surface area (Å²) in [4.78, 5) is 28.4. The summed E-state index contributed by atoms with van der Waals surface area (Å²) in [5, 5.41) is 51.2. The lowest BCUT2D eigenvalue weighted by atomic mass is 9.67. The molecule has 218 valence electrons. The van der Waals surface area contributed by atoms with E-state index in [-0.39, 0.29) is 29.4 Å². The van der Waals surface area contributed by atoms with Gasteiger partial charge < -0.3 is 25.4 Å². The van der Waals surface area contributed by atoms with Gasteiger partial charge in [0.1, 0.15) is 5.75 Å². The Morgan fingerprint density at radius 2 is 1.80 bits per heavy atom. The molecule has 0 spiro atoms. The number of nitrogens with zero attached hydrogens (tertiary/aromatic N) is 1. The first-order chi connectivity index (χ1) is 19.7. The Morgan fingerprint density at radius 3 is 2.46 bits per heavy atom. The zero-order chi connectivity index (χ0) is 29.7. The standard InChI is InChI=1S/C32H40BNO7/c1-3-7-20(15-21-9-5-12-25(36)16-21)13-14-28(37)29-22(8-4-2)17-26-30(27(29)19-35)32(39)34(31(26)38)24-11-6-10-23(18-24)33(40)41/h5-6,9-12,15-16,18,26-28,30,35-37,40-41H,3-4,7-8,13-14,17,19H2,1-2H3/b20-15+/t26-,27+,28-,30-/m1/s1.